The maximum Gasteiger partial charge on any atom is 0.252 e. The number of rotatable bonds is 5. The van der Waals surface area contributed by atoms with E-state index in [9.17, 15) is 4.79 Å². The highest BCUT2D eigenvalue weighted by molar-refractivity contribution is 5.62. The fourth-order valence-corrected chi connectivity index (χ4v) is 3.96. The number of benzene rings is 1. The molecule has 2 N–H and O–H groups in total. The van der Waals surface area contributed by atoms with Crippen molar-refractivity contribution in [3.63, 3.8) is 0 Å². The minimum atomic E-state index is -0.237. The predicted molar refractivity (Wildman–Crippen MR) is 121 cm³/mol. The van der Waals surface area contributed by atoms with Gasteiger partial charge >= 0.3 is 0 Å². The van der Waals surface area contributed by atoms with Crippen LogP contribution in [-0.4, -0.2) is 46.2 Å². The highest BCUT2D eigenvalue weighted by atomic mass is 16.5. The van der Waals surface area contributed by atoms with Crippen molar-refractivity contribution in [2.75, 3.05) is 36.5 Å². The van der Waals surface area contributed by atoms with Gasteiger partial charge in [-0.05, 0) is 37.5 Å². The molecule has 2 aliphatic rings. The zero-order valence-corrected chi connectivity index (χ0v) is 18.1. The first-order valence-electron chi connectivity index (χ1n) is 11.0. The molecule has 4 heterocycles. The van der Waals surface area contributed by atoms with Gasteiger partial charge in [0.05, 0.1) is 24.6 Å². The molecule has 9 nitrogen and oxygen atoms in total. The van der Waals surface area contributed by atoms with Crippen LogP contribution in [0.2, 0.25) is 0 Å². The highest BCUT2D eigenvalue weighted by Crippen LogP contribution is 2.30. The molecule has 32 heavy (non-hydrogen) atoms. The molecule has 0 bridgehead atoms. The van der Waals surface area contributed by atoms with Crippen LogP contribution in [0, 0.1) is 6.92 Å². The number of nitrogens with zero attached hydrogens (tertiary/aromatic N) is 4. The van der Waals surface area contributed by atoms with E-state index in [-0.39, 0.29) is 5.56 Å². The van der Waals surface area contributed by atoms with Crippen LogP contribution in [0.15, 0.2) is 35.3 Å². The Kier molecular flexibility index (Phi) is 5.62. The van der Waals surface area contributed by atoms with Crippen LogP contribution in [0.25, 0.3) is 11.3 Å². The van der Waals surface area contributed by atoms with Crippen LogP contribution in [-0.2, 0) is 6.54 Å². The van der Waals surface area contributed by atoms with E-state index in [1.165, 1.54) is 6.07 Å². The second-order valence-electron chi connectivity index (χ2n) is 8.03. The maximum atomic E-state index is 12.3. The third-order valence-electron chi connectivity index (χ3n) is 5.65. The van der Waals surface area contributed by atoms with Crippen LogP contribution in [0.4, 0.5) is 11.9 Å². The second-order valence-corrected chi connectivity index (χ2v) is 8.03. The first kappa shape index (κ1) is 20.3. The molecule has 0 atom stereocenters. The Labute approximate surface area is 185 Å². The standard InChI is InChI=1S/C23H26N6O3/c1-15-17(14-25-23(26-15)29-7-2-3-8-29)18-12-21(30)28-22(27-18)24-13-16-5-6-19-20(11-16)32-10-4-9-31-19/h5-6,11-12,14H,2-4,7-10,13H2,1H3,(H2,24,27,28,30). The summed E-state index contributed by atoms with van der Waals surface area (Å²) in [5.74, 6) is 2.62. The summed E-state index contributed by atoms with van der Waals surface area (Å²) in [6, 6.07) is 7.30. The molecule has 0 amide bonds. The van der Waals surface area contributed by atoms with E-state index in [2.05, 4.69) is 30.2 Å². The van der Waals surface area contributed by atoms with E-state index in [1.807, 2.05) is 25.1 Å². The molecule has 0 spiro atoms. The Bertz CT molecular complexity index is 1170. The van der Waals surface area contributed by atoms with E-state index in [0.717, 1.165) is 66.6 Å². The molecule has 3 aromatic rings. The van der Waals surface area contributed by atoms with Gasteiger partial charge in [-0.1, -0.05) is 6.07 Å². The normalized spacial score (nSPS) is 15.5. The number of aromatic nitrogens is 4. The van der Waals surface area contributed by atoms with E-state index < -0.39 is 0 Å². The summed E-state index contributed by atoms with van der Waals surface area (Å²) in [4.78, 5) is 31.0. The molecule has 0 unspecified atom stereocenters. The number of hydrogen-bond acceptors (Lipinski definition) is 8. The predicted octanol–water partition coefficient (Wildman–Crippen LogP) is 2.91. The lowest BCUT2D eigenvalue weighted by atomic mass is 10.1. The quantitative estimate of drug-likeness (QED) is 0.632. The smallest absolute Gasteiger partial charge is 0.252 e. The van der Waals surface area contributed by atoms with Gasteiger partial charge in [-0.15, -0.1) is 0 Å². The first-order chi connectivity index (χ1) is 15.7. The minimum absolute atomic E-state index is 0.237. The van der Waals surface area contributed by atoms with Gasteiger partial charge in [-0.2, -0.15) is 0 Å². The summed E-state index contributed by atoms with van der Waals surface area (Å²) in [6.07, 6.45) is 4.95. The molecular weight excluding hydrogens is 408 g/mol. The van der Waals surface area contributed by atoms with Crippen molar-refractivity contribution >= 4 is 11.9 Å². The molecule has 0 saturated carbocycles. The Balaban J connectivity index is 1.34. The van der Waals surface area contributed by atoms with Gasteiger partial charge in [0.25, 0.3) is 5.56 Å². The van der Waals surface area contributed by atoms with Crippen molar-refractivity contribution in [2.24, 2.45) is 0 Å². The van der Waals surface area contributed by atoms with Crippen molar-refractivity contribution in [3.8, 4) is 22.8 Å². The topological polar surface area (TPSA) is 105 Å². The Morgan fingerprint density at radius 1 is 1.06 bits per heavy atom. The number of fused-ring (bicyclic) bond motifs is 1. The zero-order valence-electron chi connectivity index (χ0n) is 18.1. The van der Waals surface area contributed by atoms with Gasteiger partial charge in [-0.3, -0.25) is 9.78 Å². The molecule has 2 aromatic heterocycles. The summed E-state index contributed by atoms with van der Waals surface area (Å²) in [6.45, 7) is 5.66. The van der Waals surface area contributed by atoms with E-state index >= 15 is 0 Å². The molecular formula is C23H26N6O3. The van der Waals surface area contributed by atoms with Gasteiger partial charge in [0.15, 0.2) is 11.5 Å². The van der Waals surface area contributed by atoms with E-state index in [1.54, 1.807) is 6.20 Å². The highest BCUT2D eigenvalue weighted by Gasteiger charge is 2.17. The number of hydrogen-bond donors (Lipinski definition) is 2. The molecule has 1 aromatic carbocycles. The van der Waals surface area contributed by atoms with E-state index in [0.29, 0.717) is 31.4 Å². The van der Waals surface area contributed by atoms with Gasteiger partial charge in [0.1, 0.15) is 0 Å². The summed E-state index contributed by atoms with van der Waals surface area (Å²) in [5, 5.41) is 3.20. The monoisotopic (exact) mass is 434 g/mol. The van der Waals surface area contributed by atoms with Gasteiger partial charge < -0.3 is 19.7 Å². The Morgan fingerprint density at radius 3 is 2.69 bits per heavy atom. The van der Waals surface area contributed by atoms with Crippen LogP contribution in [0.5, 0.6) is 11.5 Å². The van der Waals surface area contributed by atoms with Crippen molar-refractivity contribution < 1.29 is 9.47 Å². The second kappa shape index (κ2) is 8.86. The molecule has 0 aliphatic carbocycles. The van der Waals surface area contributed by atoms with Crippen LogP contribution in [0.1, 0.15) is 30.5 Å². The first-order valence-corrected chi connectivity index (χ1v) is 11.0. The molecule has 1 fully saturated rings. The number of H-pyrrole nitrogens is 1. The SMILES string of the molecule is Cc1nc(N2CCCC2)ncc1-c1cc(=O)[nH]c(NCc2ccc3c(c2)OCCCO3)n1. The van der Waals surface area contributed by atoms with Crippen LogP contribution in [0.3, 0.4) is 0 Å². The number of aromatic amines is 1. The third-order valence-corrected chi connectivity index (χ3v) is 5.65. The number of anilines is 2. The average Bonchev–Trinajstić information content (AvgIpc) is 3.23. The fourth-order valence-electron chi connectivity index (χ4n) is 3.96. The lowest BCUT2D eigenvalue weighted by Crippen LogP contribution is -2.21. The summed E-state index contributed by atoms with van der Waals surface area (Å²) in [5.41, 5.74) is 2.85. The Morgan fingerprint density at radius 2 is 1.88 bits per heavy atom. The Hall–Kier alpha value is -3.62. The van der Waals surface area contributed by atoms with Crippen LogP contribution >= 0.6 is 0 Å². The van der Waals surface area contributed by atoms with Crippen LogP contribution < -0.4 is 25.2 Å². The fraction of sp³-hybridized carbons (Fsp3) is 0.391. The summed E-state index contributed by atoms with van der Waals surface area (Å²) < 4.78 is 11.4. The summed E-state index contributed by atoms with van der Waals surface area (Å²) in [7, 11) is 0. The number of aryl methyl sites for hydroxylation is 1. The van der Waals surface area contributed by atoms with Gasteiger partial charge in [0.2, 0.25) is 11.9 Å². The van der Waals surface area contributed by atoms with Crippen molar-refractivity contribution in [2.45, 2.75) is 32.7 Å². The zero-order chi connectivity index (χ0) is 21.9. The minimum Gasteiger partial charge on any atom is -0.490 e. The largest absolute Gasteiger partial charge is 0.490 e. The molecule has 1 saturated heterocycles. The average molecular weight is 435 g/mol. The number of ether oxygens (including phenoxy) is 2. The number of nitrogens with one attached hydrogen (secondary N) is 2. The van der Waals surface area contributed by atoms with Crippen molar-refractivity contribution in [1.29, 1.82) is 0 Å². The molecule has 166 valence electrons. The molecule has 5 rings (SSSR count). The van der Waals surface area contributed by atoms with E-state index in [4.69, 9.17) is 9.47 Å². The summed E-state index contributed by atoms with van der Waals surface area (Å²) >= 11 is 0. The lowest BCUT2D eigenvalue weighted by Gasteiger charge is -2.16. The third kappa shape index (κ3) is 4.37. The molecule has 0 radical (unpaired) electrons. The maximum absolute atomic E-state index is 12.3. The van der Waals surface area contributed by atoms with Crippen molar-refractivity contribution in [3.05, 3.63) is 52.1 Å². The van der Waals surface area contributed by atoms with Gasteiger partial charge in [-0.25, -0.2) is 15.0 Å². The van der Waals surface area contributed by atoms with Crippen molar-refractivity contribution in [1.82, 2.24) is 19.9 Å². The molecule has 2 aliphatic heterocycles. The molecule has 9 heteroatoms. The van der Waals surface area contributed by atoms with Gasteiger partial charge in [0, 0.05) is 43.9 Å². The lowest BCUT2D eigenvalue weighted by molar-refractivity contribution is 0.297.